The van der Waals surface area contributed by atoms with Gasteiger partial charge in [0.05, 0.1) is 28.0 Å². The zero-order valence-electron chi connectivity index (χ0n) is 18.5. The molecule has 1 saturated heterocycles. The first-order chi connectivity index (χ1) is 15.3. The zero-order chi connectivity index (χ0) is 22.9. The summed E-state index contributed by atoms with van der Waals surface area (Å²) in [5.41, 5.74) is 3.48. The number of amides is 1. The fraction of sp³-hybridized carbons (Fsp3) is 0.391. The summed E-state index contributed by atoms with van der Waals surface area (Å²) in [6.45, 7) is 6.69. The van der Waals surface area contributed by atoms with Crippen LogP contribution in [0.4, 0.5) is 5.13 Å². The standard InChI is InChI=1S/C23H27N3O4S2/c1-16-4-9-20-22(17(16)2)24-23(31-20)26-13-11-25(12-14-26)21(27)10-15-32(28,29)19-7-5-18(30-3)6-8-19/h4-9H,10-15H2,1-3H3. The Morgan fingerprint density at radius 1 is 1.06 bits per heavy atom. The van der Waals surface area contributed by atoms with E-state index in [-0.39, 0.29) is 23.0 Å². The molecule has 2 heterocycles. The van der Waals surface area contributed by atoms with Crippen LogP contribution in [0.5, 0.6) is 5.75 Å². The first-order valence-electron chi connectivity index (χ1n) is 10.5. The van der Waals surface area contributed by atoms with Crippen molar-refractivity contribution in [1.82, 2.24) is 9.88 Å². The molecule has 0 spiro atoms. The van der Waals surface area contributed by atoms with Crippen molar-refractivity contribution >= 4 is 42.4 Å². The highest BCUT2D eigenvalue weighted by Crippen LogP contribution is 2.32. The van der Waals surface area contributed by atoms with E-state index in [2.05, 4.69) is 30.9 Å². The van der Waals surface area contributed by atoms with Gasteiger partial charge in [-0.25, -0.2) is 13.4 Å². The van der Waals surface area contributed by atoms with E-state index >= 15 is 0 Å². The second-order valence-electron chi connectivity index (χ2n) is 7.96. The van der Waals surface area contributed by atoms with Crippen LogP contribution in [0.3, 0.4) is 0 Å². The Balaban J connectivity index is 1.34. The van der Waals surface area contributed by atoms with Gasteiger partial charge in [-0.2, -0.15) is 0 Å². The normalized spacial score (nSPS) is 14.7. The number of aromatic nitrogens is 1. The van der Waals surface area contributed by atoms with Gasteiger partial charge in [0.15, 0.2) is 15.0 Å². The first kappa shape index (κ1) is 22.5. The Morgan fingerprint density at radius 2 is 1.75 bits per heavy atom. The largest absolute Gasteiger partial charge is 0.497 e. The number of carbonyl (C=O) groups excluding carboxylic acids is 1. The predicted molar refractivity (Wildman–Crippen MR) is 128 cm³/mol. The Morgan fingerprint density at radius 3 is 2.41 bits per heavy atom. The maximum Gasteiger partial charge on any atom is 0.223 e. The molecule has 2 aromatic carbocycles. The number of sulfone groups is 1. The molecular formula is C23H27N3O4S2. The van der Waals surface area contributed by atoms with Gasteiger partial charge in [0.1, 0.15) is 5.75 Å². The lowest BCUT2D eigenvalue weighted by molar-refractivity contribution is -0.131. The van der Waals surface area contributed by atoms with Crippen molar-refractivity contribution in [2.45, 2.75) is 25.2 Å². The zero-order valence-corrected chi connectivity index (χ0v) is 20.1. The second kappa shape index (κ2) is 9.07. The van der Waals surface area contributed by atoms with Crippen molar-refractivity contribution in [3.05, 3.63) is 47.5 Å². The summed E-state index contributed by atoms with van der Waals surface area (Å²) in [4.78, 5) is 21.7. The minimum Gasteiger partial charge on any atom is -0.497 e. The molecule has 0 N–H and O–H groups in total. The Hall–Kier alpha value is -2.65. The van der Waals surface area contributed by atoms with E-state index in [1.165, 1.54) is 35.1 Å². The van der Waals surface area contributed by atoms with Crippen LogP contribution in [-0.2, 0) is 14.6 Å². The molecule has 9 heteroatoms. The number of methoxy groups -OCH3 is 1. The summed E-state index contributed by atoms with van der Waals surface area (Å²) in [7, 11) is -1.99. The molecule has 7 nitrogen and oxygen atoms in total. The minimum atomic E-state index is -3.52. The first-order valence-corrected chi connectivity index (χ1v) is 13.0. The van der Waals surface area contributed by atoms with E-state index in [1.54, 1.807) is 28.4 Å². The number of anilines is 1. The molecule has 4 rings (SSSR count). The van der Waals surface area contributed by atoms with Crippen LogP contribution >= 0.6 is 11.3 Å². The molecule has 3 aromatic rings. The minimum absolute atomic E-state index is 0.0199. The fourth-order valence-electron chi connectivity index (χ4n) is 3.78. The van der Waals surface area contributed by atoms with Crippen LogP contribution in [0.15, 0.2) is 41.3 Å². The fourth-order valence-corrected chi connectivity index (χ4v) is 6.08. The lowest BCUT2D eigenvalue weighted by Crippen LogP contribution is -2.49. The topological polar surface area (TPSA) is 79.8 Å². The van der Waals surface area contributed by atoms with Crippen molar-refractivity contribution in [2.75, 3.05) is 43.9 Å². The van der Waals surface area contributed by atoms with Crippen molar-refractivity contribution in [3.63, 3.8) is 0 Å². The number of piperazine rings is 1. The number of aryl methyl sites for hydroxylation is 2. The summed E-state index contributed by atoms with van der Waals surface area (Å²) in [5.74, 6) is 0.267. The van der Waals surface area contributed by atoms with Crippen molar-refractivity contribution in [2.24, 2.45) is 0 Å². The summed E-state index contributed by atoms with van der Waals surface area (Å²) in [6.07, 6.45) is -0.0199. The third kappa shape index (κ3) is 4.59. The van der Waals surface area contributed by atoms with Gasteiger partial charge in [-0.05, 0) is 55.3 Å². The molecule has 1 aromatic heterocycles. The Labute approximate surface area is 192 Å². The molecule has 170 valence electrons. The SMILES string of the molecule is COc1ccc(S(=O)(=O)CCC(=O)N2CCN(c3nc4c(C)c(C)ccc4s3)CC2)cc1. The third-order valence-electron chi connectivity index (χ3n) is 5.98. The van der Waals surface area contributed by atoms with Gasteiger partial charge in [0.2, 0.25) is 5.91 Å². The van der Waals surface area contributed by atoms with Crippen molar-refractivity contribution in [3.8, 4) is 5.75 Å². The molecule has 0 aliphatic carbocycles. The van der Waals surface area contributed by atoms with E-state index in [9.17, 15) is 13.2 Å². The molecule has 1 aliphatic heterocycles. The van der Waals surface area contributed by atoms with Crippen LogP contribution in [0.2, 0.25) is 0 Å². The number of carbonyl (C=O) groups is 1. The van der Waals surface area contributed by atoms with Crippen LogP contribution in [0.1, 0.15) is 17.5 Å². The number of fused-ring (bicyclic) bond motifs is 1. The van der Waals surface area contributed by atoms with Gasteiger partial charge in [0.25, 0.3) is 0 Å². The van der Waals surface area contributed by atoms with E-state index < -0.39 is 9.84 Å². The third-order valence-corrected chi connectivity index (χ3v) is 8.79. The molecule has 1 amide bonds. The number of rotatable bonds is 6. The molecule has 1 aliphatic rings. The molecule has 0 saturated carbocycles. The lowest BCUT2D eigenvalue weighted by atomic mass is 10.1. The monoisotopic (exact) mass is 473 g/mol. The van der Waals surface area contributed by atoms with E-state index in [1.807, 2.05) is 0 Å². The van der Waals surface area contributed by atoms with Gasteiger partial charge in [-0.15, -0.1) is 0 Å². The highest BCUT2D eigenvalue weighted by Gasteiger charge is 2.25. The number of ether oxygens (including phenoxy) is 1. The van der Waals surface area contributed by atoms with Crippen LogP contribution in [0.25, 0.3) is 10.2 Å². The molecule has 32 heavy (non-hydrogen) atoms. The van der Waals surface area contributed by atoms with Gasteiger partial charge in [-0.3, -0.25) is 4.79 Å². The Kier molecular flexibility index (Phi) is 6.39. The Bertz CT molecular complexity index is 1230. The smallest absolute Gasteiger partial charge is 0.223 e. The second-order valence-corrected chi connectivity index (χ2v) is 11.1. The van der Waals surface area contributed by atoms with E-state index in [4.69, 9.17) is 9.72 Å². The molecular weight excluding hydrogens is 446 g/mol. The number of benzene rings is 2. The quantitative estimate of drug-likeness (QED) is 0.546. The number of hydrogen-bond acceptors (Lipinski definition) is 7. The van der Waals surface area contributed by atoms with Crippen molar-refractivity contribution in [1.29, 1.82) is 0 Å². The number of thiazole rings is 1. The van der Waals surface area contributed by atoms with Gasteiger partial charge < -0.3 is 14.5 Å². The molecule has 0 bridgehead atoms. The summed E-state index contributed by atoms with van der Waals surface area (Å²) >= 11 is 1.67. The summed E-state index contributed by atoms with van der Waals surface area (Å²) < 4.78 is 31.4. The van der Waals surface area contributed by atoms with Gasteiger partial charge in [-0.1, -0.05) is 17.4 Å². The number of hydrogen-bond donors (Lipinski definition) is 0. The van der Waals surface area contributed by atoms with Crippen molar-refractivity contribution < 1.29 is 17.9 Å². The van der Waals surface area contributed by atoms with E-state index in [0.717, 1.165) is 10.6 Å². The van der Waals surface area contributed by atoms with Gasteiger partial charge >= 0.3 is 0 Å². The van der Waals surface area contributed by atoms with Crippen LogP contribution < -0.4 is 9.64 Å². The highest BCUT2D eigenvalue weighted by molar-refractivity contribution is 7.91. The number of nitrogens with zero attached hydrogens (tertiary/aromatic N) is 3. The van der Waals surface area contributed by atoms with Crippen LogP contribution in [0, 0.1) is 13.8 Å². The predicted octanol–water partition coefficient (Wildman–Crippen LogP) is 3.43. The highest BCUT2D eigenvalue weighted by atomic mass is 32.2. The maximum absolute atomic E-state index is 12.7. The molecule has 1 fully saturated rings. The summed E-state index contributed by atoms with van der Waals surface area (Å²) in [5, 5.41) is 0.975. The van der Waals surface area contributed by atoms with Crippen LogP contribution in [-0.4, -0.2) is 63.3 Å². The summed E-state index contributed by atoms with van der Waals surface area (Å²) in [6, 6.07) is 10.5. The molecule has 0 unspecified atom stereocenters. The molecule has 0 radical (unpaired) electrons. The molecule has 0 atom stereocenters. The maximum atomic E-state index is 12.7. The lowest BCUT2D eigenvalue weighted by Gasteiger charge is -2.34. The average Bonchev–Trinajstić information content (AvgIpc) is 3.25. The van der Waals surface area contributed by atoms with Gasteiger partial charge in [0, 0.05) is 32.6 Å². The van der Waals surface area contributed by atoms with E-state index in [0.29, 0.717) is 31.9 Å². The average molecular weight is 474 g/mol.